The number of nitro groups is 1. The molecule has 184 valence electrons. The van der Waals surface area contributed by atoms with Crippen molar-refractivity contribution in [3.05, 3.63) is 86.4 Å². The fraction of sp³-hybridized carbons (Fsp3) is 0.0909. The zero-order chi connectivity index (χ0) is 25.5. The van der Waals surface area contributed by atoms with E-state index in [0.717, 1.165) is 11.8 Å². The van der Waals surface area contributed by atoms with E-state index in [2.05, 4.69) is 20.7 Å². The van der Waals surface area contributed by atoms with E-state index >= 15 is 0 Å². The highest BCUT2D eigenvalue weighted by Gasteiger charge is 2.12. The van der Waals surface area contributed by atoms with Crippen LogP contribution in [0.5, 0.6) is 5.75 Å². The van der Waals surface area contributed by atoms with Gasteiger partial charge in [-0.15, -0.1) is 10.2 Å². The molecule has 2 aromatic heterocycles. The summed E-state index contributed by atoms with van der Waals surface area (Å²) >= 11 is 12.9. The van der Waals surface area contributed by atoms with Crippen molar-refractivity contribution in [2.24, 2.45) is 5.10 Å². The van der Waals surface area contributed by atoms with Crippen molar-refractivity contribution in [3.8, 4) is 17.1 Å². The molecule has 0 unspecified atom stereocenters. The number of carbonyl (C=O) groups is 1. The lowest BCUT2D eigenvalue weighted by molar-refractivity contribution is -0.384. The minimum atomic E-state index is -0.483. The van der Waals surface area contributed by atoms with E-state index in [1.807, 2.05) is 0 Å². The summed E-state index contributed by atoms with van der Waals surface area (Å²) in [6, 6.07) is 14.1. The first kappa shape index (κ1) is 25.2. The van der Waals surface area contributed by atoms with Crippen LogP contribution in [0, 0.1) is 10.1 Å². The van der Waals surface area contributed by atoms with Gasteiger partial charge in [-0.2, -0.15) is 5.10 Å². The SMILES string of the molecule is O=C(CSc1nnc(COc2ccc(Cl)cc2Cl)o1)N/N=C\c1ccc(-c2cccc([N+](=O)[O-])c2)o1. The molecule has 0 fully saturated rings. The minimum Gasteiger partial charge on any atom is -0.482 e. The molecule has 0 saturated carbocycles. The Hall–Kier alpha value is -3.87. The molecule has 0 bridgehead atoms. The first-order valence-corrected chi connectivity index (χ1v) is 11.8. The fourth-order valence-corrected chi connectivity index (χ4v) is 3.80. The second-order valence-electron chi connectivity index (χ2n) is 6.92. The Morgan fingerprint density at radius 3 is 2.83 bits per heavy atom. The van der Waals surface area contributed by atoms with Crippen molar-refractivity contribution in [2.75, 3.05) is 5.75 Å². The third kappa shape index (κ3) is 6.84. The van der Waals surface area contributed by atoms with Gasteiger partial charge in [0.2, 0.25) is 0 Å². The maximum atomic E-state index is 12.0. The van der Waals surface area contributed by atoms with Gasteiger partial charge in [-0.05, 0) is 30.3 Å². The van der Waals surface area contributed by atoms with E-state index < -0.39 is 10.8 Å². The van der Waals surface area contributed by atoms with Crippen LogP contribution in [0.4, 0.5) is 5.69 Å². The van der Waals surface area contributed by atoms with Gasteiger partial charge in [0.25, 0.3) is 22.7 Å². The topological polar surface area (TPSA) is 146 Å². The number of ether oxygens (including phenoxy) is 1. The molecule has 0 saturated heterocycles. The van der Waals surface area contributed by atoms with Crippen molar-refractivity contribution >= 4 is 52.8 Å². The first-order valence-electron chi connectivity index (χ1n) is 10.1. The molecule has 36 heavy (non-hydrogen) atoms. The third-order valence-electron chi connectivity index (χ3n) is 4.37. The summed E-state index contributed by atoms with van der Waals surface area (Å²) in [5.41, 5.74) is 2.86. The summed E-state index contributed by atoms with van der Waals surface area (Å²) in [5.74, 6) is 0.965. The lowest BCUT2D eigenvalue weighted by Gasteiger charge is -2.05. The van der Waals surface area contributed by atoms with Crippen molar-refractivity contribution in [3.63, 3.8) is 0 Å². The molecule has 4 aromatic rings. The summed E-state index contributed by atoms with van der Waals surface area (Å²) in [6.07, 6.45) is 1.31. The van der Waals surface area contributed by atoms with Crippen LogP contribution in [-0.4, -0.2) is 33.0 Å². The molecule has 1 N–H and O–H groups in total. The van der Waals surface area contributed by atoms with Gasteiger partial charge >= 0.3 is 0 Å². The van der Waals surface area contributed by atoms with E-state index in [0.29, 0.717) is 32.9 Å². The molecule has 2 aromatic carbocycles. The number of hydrogen-bond acceptors (Lipinski definition) is 10. The highest BCUT2D eigenvalue weighted by Crippen LogP contribution is 2.28. The predicted molar refractivity (Wildman–Crippen MR) is 132 cm³/mol. The molecule has 0 aliphatic carbocycles. The number of non-ortho nitro benzene ring substituents is 1. The standard InChI is InChI=1S/C22H15Cl2N5O6S/c23-14-4-6-19(17(24)9-14)33-11-21-27-28-22(35-21)36-12-20(30)26-25-10-16-5-7-18(34-16)13-2-1-3-15(8-13)29(31)32/h1-10H,11-12H2,(H,26,30)/b25-10-. The average molecular weight is 548 g/mol. The maximum absolute atomic E-state index is 12.0. The second kappa shape index (κ2) is 11.7. The van der Waals surface area contributed by atoms with E-state index in [-0.39, 0.29) is 29.2 Å². The van der Waals surface area contributed by atoms with Gasteiger partial charge in [0.1, 0.15) is 17.3 Å². The number of nitrogens with zero attached hydrogens (tertiary/aromatic N) is 4. The smallest absolute Gasteiger partial charge is 0.277 e. The summed E-state index contributed by atoms with van der Waals surface area (Å²) < 4.78 is 16.6. The second-order valence-corrected chi connectivity index (χ2v) is 8.69. The highest BCUT2D eigenvalue weighted by molar-refractivity contribution is 7.99. The van der Waals surface area contributed by atoms with E-state index in [4.69, 9.17) is 36.8 Å². The number of hydrazone groups is 1. The molecule has 14 heteroatoms. The van der Waals surface area contributed by atoms with Crippen LogP contribution in [0.3, 0.4) is 0 Å². The van der Waals surface area contributed by atoms with Crippen LogP contribution < -0.4 is 10.2 Å². The average Bonchev–Trinajstić information content (AvgIpc) is 3.52. The molecular formula is C22H15Cl2N5O6S. The zero-order valence-electron chi connectivity index (χ0n) is 18.1. The molecule has 0 atom stereocenters. The summed E-state index contributed by atoms with van der Waals surface area (Å²) in [4.78, 5) is 22.5. The van der Waals surface area contributed by atoms with Crippen LogP contribution in [0.25, 0.3) is 11.3 Å². The van der Waals surface area contributed by atoms with E-state index in [9.17, 15) is 14.9 Å². The summed E-state index contributed by atoms with van der Waals surface area (Å²) in [7, 11) is 0. The predicted octanol–water partition coefficient (Wildman–Crippen LogP) is 5.37. The molecule has 0 spiro atoms. The molecule has 11 nitrogen and oxygen atoms in total. The lowest BCUT2D eigenvalue weighted by Crippen LogP contribution is -2.19. The van der Waals surface area contributed by atoms with Crippen LogP contribution in [0.1, 0.15) is 11.7 Å². The number of nitrogens with one attached hydrogen (secondary N) is 1. The molecule has 2 heterocycles. The Kier molecular flexibility index (Phi) is 8.21. The van der Waals surface area contributed by atoms with Gasteiger partial charge < -0.3 is 13.6 Å². The Bertz CT molecular complexity index is 1420. The number of furan rings is 1. The van der Waals surface area contributed by atoms with Crippen LogP contribution in [-0.2, 0) is 11.4 Å². The lowest BCUT2D eigenvalue weighted by atomic mass is 10.1. The Balaban J connectivity index is 1.23. The first-order chi connectivity index (χ1) is 17.4. The number of aromatic nitrogens is 2. The van der Waals surface area contributed by atoms with Crippen LogP contribution >= 0.6 is 35.0 Å². The number of amides is 1. The third-order valence-corrected chi connectivity index (χ3v) is 5.72. The largest absolute Gasteiger partial charge is 0.482 e. The van der Waals surface area contributed by atoms with E-state index in [1.165, 1.54) is 18.3 Å². The molecular weight excluding hydrogens is 533 g/mol. The Labute approximate surface area is 217 Å². The van der Waals surface area contributed by atoms with Crippen molar-refractivity contribution in [1.29, 1.82) is 0 Å². The number of nitro benzene ring substituents is 1. The normalized spacial score (nSPS) is 11.1. The number of halogens is 2. The van der Waals surface area contributed by atoms with Crippen molar-refractivity contribution in [2.45, 2.75) is 11.8 Å². The fourth-order valence-electron chi connectivity index (χ4n) is 2.76. The molecule has 0 aliphatic heterocycles. The highest BCUT2D eigenvalue weighted by atomic mass is 35.5. The van der Waals surface area contributed by atoms with Gasteiger partial charge in [-0.25, -0.2) is 5.43 Å². The van der Waals surface area contributed by atoms with Crippen molar-refractivity contribution in [1.82, 2.24) is 15.6 Å². The monoisotopic (exact) mass is 547 g/mol. The molecule has 0 radical (unpaired) electrons. The number of hydrogen-bond donors (Lipinski definition) is 1. The Morgan fingerprint density at radius 1 is 1.17 bits per heavy atom. The molecule has 1 amide bonds. The zero-order valence-corrected chi connectivity index (χ0v) is 20.4. The van der Waals surface area contributed by atoms with E-state index in [1.54, 1.807) is 42.5 Å². The number of thioether (sulfide) groups is 1. The Morgan fingerprint density at radius 2 is 2.03 bits per heavy atom. The molecule has 4 rings (SSSR count). The maximum Gasteiger partial charge on any atom is 0.277 e. The van der Waals surface area contributed by atoms with Crippen molar-refractivity contribution < 1.29 is 23.3 Å². The molecule has 0 aliphatic rings. The minimum absolute atomic E-state index is 0.00708. The summed E-state index contributed by atoms with van der Waals surface area (Å²) in [6.45, 7) is -0.00708. The summed E-state index contributed by atoms with van der Waals surface area (Å²) in [5, 5.41) is 23.5. The van der Waals surface area contributed by atoms with Gasteiger partial charge in [-0.3, -0.25) is 14.9 Å². The van der Waals surface area contributed by atoms with Gasteiger partial charge in [-0.1, -0.05) is 47.1 Å². The van der Waals surface area contributed by atoms with Gasteiger partial charge in [0.15, 0.2) is 6.61 Å². The number of rotatable bonds is 10. The van der Waals surface area contributed by atoms with Crippen LogP contribution in [0.15, 0.2) is 73.8 Å². The van der Waals surface area contributed by atoms with Crippen LogP contribution in [0.2, 0.25) is 10.0 Å². The number of benzene rings is 2. The quantitative estimate of drug-likeness (QED) is 0.120. The van der Waals surface area contributed by atoms with Gasteiger partial charge in [0.05, 0.1) is 21.9 Å². The number of carbonyl (C=O) groups excluding carboxylic acids is 1. The van der Waals surface area contributed by atoms with Gasteiger partial charge in [0, 0.05) is 22.7 Å².